The van der Waals surface area contributed by atoms with Crippen LogP contribution >= 0.6 is 0 Å². The van der Waals surface area contributed by atoms with Gasteiger partial charge in [-0.3, -0.25) is 14.3 Å². The van der Waals surface area contributed by atoms with Gasteiger partial charge in [0.1, 0.15) is 6.04 Å². The first-order chi connectivity index (χ1) is 13.9. The Bertz CT molecular complexity index is 1280. The quantitative estimate of drug-likeness (QED) is 0.571. The summed E-state index contributed by atoms with van der Waals surface area (Å²) in [6, 6.07) is 14.7. The zero-order valence-electron chi connectivity index (χ0n) is 17.1. The van der Waals surface area contributed by atoms with Gasteiger partial charge >= 0.3 is 0 Å². The van der Waals surface area contributed by atoms with Crippen molar-refractivity contribution in [1.29, 1.82) is 0 Å². The lowest BCUT2D eigenvalue weighted by atomic mass is 10.1. The number of aromatic nitrogens is 3. The predicted octanol–water partition coefficient (Wildman–Crippen LogP) is 4.16. The summed E-state index contributed by atoms with van der Waals surface area (Å²) in [6.07, 6.45) is 0.593. The van der Waals surface area contributed by atoms with E-state index in [4.69, 9.17) is 0 Å². The van der Waals surface area contributed by atoms with E-state index in [9.17, 15) is 9.59 Å². The number of amides is 1. The number of aryl methyl sites for hydroxylation is 3. The van der Waals surface area contributed by atoms with Gasteiger partial charge in [-0.05, 0) is 50.5 Å². The molecule has 0 bridgehead atoms. The number of hydrogen-bond acceptors (Lipinski definition) is 3. The van der Waals surface area contributed by atoms with Crippen molar-refractivity contribution in [1.82, 2.24) is 14.2 Å². The van der Waals surface area contributed by atoms with Gasteiger partial charge in [-0.25, -0.2) is 4.52 Å². The number of nitrogens with one attached hydrogen (secondary N) is 1. The van der Waals surface area contributed by atoms with Gasteiger partial charge in [0.25, 0.3) is 5.56 Å². The molecular formula is C23H24N4O2. The molecule has 0 saturated carbocycles. The number of benzene rings is 2. The smallest absolute Gasteiger partial charge is 0.273 e. The van der Waals surface area contributed by atoms with Crippen LogP contribution in [0.5, 0.6) is 0 Å². The van der Waals surface area contributed by atoms with Gasteiger partial charge in [-0.2, -0.15) is 4.98 Å². The Kier molecular flexibility index (Phi) is 4.70. The van der Waals surface area contributed by atoms with Crippen LogP contribution in [-0.4, -0.2) is 20.1 Å². The van der Waals surface area contributed by atoms with Gasteiger partial charge < -0.3 is 5.32 Å². The van der Waals surface area contributed by atoms with Crippen LogP contribution in [0, 0.1) is 20.8 Å². The zero-order valence-corrected chi connectivity index (χ0v) is 17.1. The van der Waals surface area contributed by atoms with Crippen molar-refractivity contribution in [3.63, 3.8) is 0 Å². The molecule has 0 spiro atoms. The van der Waals surface area contributed by atoms with Crippen LogP contribution in [0.4, 0.5) is 5.69 Å². The van der Waals surface area contributed by atoms with Crippen molar-refractivity contribution in [3.05, 3.63) is 75.7 Å². The summed E-state index contributed by atoms with van der Waals surface area (Å²) in [5.74, 6) is -0.0920. The van der Waals surface area contributed by atoms with E-state index in [-0.39, 0.29) is 11.5 Å². The standard InChI is InChI=1S/C23H24N4O2/c1-5-18(23(29)25-21-14(2)9-8-10-15(21)3)27-19-12-7-6-11-17(19)22-24-20(28)13-16(4)26(22)27/h6-13,18H,5H2,1-4H3,(H,25,29)/t18-/m1/s1. The number of anilines is 1. The first-order valence-corrected chi connectivity index (χ1v) is 9.79. The second-order valence-electron chi connectivity index (χ2n) is 7.41. The van der Waals surface area contributed by atoms with Gasteiger partial charge in [0.15, 0.2) is 5.65 Å². The molecule has 0 aliphatic carbocycles. The molecule has 0 aliphatic rings. The fourth-order valence-electron chi connectivity index (χ4n) is 4.00. The molecule has 1 N–H and O–H groups in total. The molecule has 1 amide bonds. The lowest BCUT2D eigenvalue weighted by Crippen LogP contribution is -2.29. The Morgan fingerprint density at radius 3 is 2.45 bits per heavy atom. The second-order valence-corrected chi connectivity index (χ2v) is 7.41. The maximum Gasteiger partial charge on any atom is 0.273 e. The van der Waals surface area contributed by atoms with Crippen LogP contribution in [0.25, 0.3) is 16.6 Å². The molecule has 1 atom stereocenters. The highest BCUT2D eigenvalue weighted by Gasteiger charge is 2.25. The number of fused-ring (bicyclic) bond motifs is 3. The molecule has 0 radical (unpaired) electrons. The topological polar surface area (TPSA) is 68.4 Å². The van der Waals surface area contributed by atoms with Crippen molar-refractivity contribution in [3.8, 4) is 0 Å². The Balaban J connectivity index is 1.91. The molecule has 2 aromatic heterocycles. The normalized spacial score (nSPS) is 12.4. The lowest BCUT2D eigenvalue weighted by molar-refractivity contribution is -0.119. The maximum atomic E-state index is 13.4. The molecule has 2 heterocycles. The summed E-state index contributed by atoms with van der Waals surface area (Å²) >= 11 is 0. The molecular weight excluding hydrogens is 364 g/mol. The summed E-state index contributed by atoms with van der Waals surface area (Å²) in [5, 5.41) is 3.98. The van der Waals surface area contributed by atoms with Crippen molar-refractivity contribution in [2.75, 3.05) is 5.32 Å². The Labute approximate surface area is 168 Å². The number of carbonyl (C=O) groups excluding carboxylic acids is 1. The van der Waals surface area contributed by atoms with E-state index >= 15 is 0 Å². The summed E-state index contributed by atoms with van der Waals surface area (Å²) in [6.45, 7) is 7.83. The van der Waals surface area contributed by atoms with Gasteiger partial charge in [0.05, 0.1) is 5.52 Å². The molecule has 0 saturated heterocycles. The third kappa shape index (κ3) is 3.10. The minimum atomic E-state index is -0.459. The van der Waals surface area contributed by atoms with Crippen LogP contribution in [0.1, 0.15) is 36.2 Å². The Hall–Kier alpha value is -3.41. The van der Waals surface area contributed by atoms with Gasteiger partial charge in [0.2, 0.25) is 5.91 Å². The fourth-order valence-corrected chi connectivity index (χ4v) is 4.00. The number of carbonyl (C=O) groups is 1. The summed E-state index contributed by atoms with van der Waals surface area (Å²) in [4.78, 5) is 29.6. The molecule has 6 nitrogen and oxygen atoms in total. The maximum absolute atomic E-state index is 13.4. The molecule has 2 aromatic carbocycles. The van der Waals surface area contributed by atoms with E-state index in [2.05, 4.69) is 10.3 Å². The van der Waals surface area contributed by atoms with Crippen LogP contribution in [-0.2, 0) is 4.79 Å². The van der Waals surface area contributed by atoms with E-state index in [1.165, 1.54) is 6.07 Å². The number of rotatable bonds is 4. The van der Waals surface area contributed by atoms with Crippen molar-refractivity contribution in [2.24, 2.45) is 0 Å². The zero-order chi connectivity index (χ0) is 20.7. The molecule has 0 fully saturated rings. The molecule has 4 aromatic rings. The highest BCUT2D eigenvalue weighted by molar-refractivity contribution is 5.98. The third-order valence-corrected chi connectivity index (χ3v) is 5.40. The average molecular weight is 388 g/mol. The van der Waals surface area contributed by atoms with Crippen LogP contribution < -0.4 is 10.9 Å². The Morgan fingerprint density at radius 1 is 1.07 bits per heavy atom. The number of nitrogens with zero attached hydrogens (tertiary/aromatic N) is 3. The monoisotopic (exact) mass is 388 g/mol. The van der Waals surface area contributed by atoms with Crippen molar-refractivity contribution in [2.45, 2.75) is 40.2 Å². The van der Waals surface area contributed by atoms with Gasteiger partial charge in [-0.1, -0.05) is 37.3 Å². The van der Waals surface area contributed by atoms with Gasteiger partial charge in [-0.15, -0.1) is 0 Å². The number of para-hydroxylation sites is 2. The average Bonchev–Trinajstić information content (AvgIpc) is 3.00. The fraction of sp³-hybridized carbons (Fsp3) is 0.261. The SMILES string of the molecule is CC[C@H](C(=O)Nc1c(C)cccc1C)n1c2ccccc2c2nc(=O)cc(C)n21. The van der Waals surface area contributed by atoms with E-state index in [0.717, 1.165) is 33.4 Å². The lowest BCUT2D eigenvalue weighted by Gasteiger charge is -2.21. The van der Waals surface area contributed by atoms with Gasteiger partial charge in [0, 0.05) is 22.8 Å². The second kappa shape index (κ2) is 7.20. The molecule has 29 heavy (non-hydrogen) atoms. The van der Waals surface area contributed by atoms with Crippen LogP contribution in [0.15, 0.2) is 53.3 Å². The summed E-state index contributed by atoms with van der Waals surface area (Å²) in [7, 11) is 0. The number of hydrogen-bond donors (Lipinski definition) is 1. The predicted molar refractivity (Wildman–Crippen MR) is 116 cm³/mol. The molecule has 0 unspecified atom stereocenters. The third-order valence-electron chi connectivity index (χ3n) is 5.40. The molecule has 0 aliphatic heterocycles. The minimum Gasteiger partial charge on any atom is -0.324 e. The van der Waals surface area contributed by atoms with E-state index in [1.54, 1.807) is 0 Å². The summed E-state index contributed by atoms with van der Waals surface area (Å²) in [5.41, 5.74) is 4.81. The summed E-state index contributed by atoms with van der Waals surface area (Å²) < 4.78 is 3.83. The van der Waals surface area contributed by atoms with E-state index < -0.39 is 6.04 Å². The highest BCUT2D eigenvalue weighted by atomic mass is 16.2. The van der Waals surface area contributed by atoms with Crippen LogP contribution in [0.3, 0.4) is 0 Å². The van der Waals surface area contributed by atoms with E-state index in [0.29, 0.717) is 12.1 Å². The van der Waals surface area contributed by atoms with Crippen LogP contribution in [0.2, 0.25) is 0 Å². The largest absolute Gasteiger partial charge is 0.324 e. The molecule has 148 valence electrons. The first-order valence-electron chi connectivity index (χ1n) is 9.79. The minimum absolute atomic E-state index is 0.0920. The molecule has 6 heteroatoms. The first kappa shape index (κ1) is 18.9. The van der Waals surface area contributed by atoms with E-state index in [1.807, 2.05) is 79.4 Å². The highest BCUT2D eigenvalue weighted by Crippen LogP contribution is 2.28. The Morgan fingerprint density at radius 2 is 1.76 bits per heavy atom. The molecule has 4 rings (SSSR count). The van der Waals surface area contributed by atoms with Crippen molar-refractivity contribution >= 4 is 28.1 Å². The van der Waals surface area contributed by atoms with Crippen molar-refractivity contribution < 1.29 is 4.79 Å².